The number of rotatable bonds is 2. The second-order valence-electron chi connectivity index (χ2n) is 6.61. The number of aliphatic hydroxyl groups excluding tert-OH is 1. The third-order valence-corrected chi connectivity index (χ3v) is 3.45. The summed E-state index contributed by atoms with van der Waals surface area (Å²) in [7, 11) is 0. The van der Waals surface area contributed by atoms with Gasteiger partial charge in [0, 0.05) is 6.42 Å². The minimum atomic E-state index is -1.22. The van der Waals surface area contributed by atoms with Gasteiger partial charge in [0.05, 0.1) is 13.2 Å². The van der Waals surface area contributed by atoms with Gasteiger partial charge >= 0.3 is 6.09 Å². The van der Waals surface area contributed by atoms with E-state index in [-0.39, 0.29) is 12.2 Å². The Morgan fingerprint density at radius 1 is 1.45 bits per heavy atom. The van der Waals surface area contributed by atoms with Crippen LogP contribution in [0.1, 0.15) is 34.1 Å². The van der Waals surface area contributed by atoms with Crippen molar-refractivity contribution in [1.29, 1.82) is 0 Å². The van der Waals surface area contributed by atoms with E-state index in [1.807, 2.05) is 0 Å². The standard InChI is InChI=1S/C15H23NO6/c1-14(2,3)22-13(19)16-10(11(17)5-6-12(16)18)9-15(4)20-7-8-21-15/h5-6,10,12,18H,7-9H2,1-4H3/t10-,12?/m0/s1. The maximum atomic E-state index is 12.3. The number of amides is 1. The number of carbonyl (C=O) groups excluding carboxylic acids is 2. The van der Waals surface area contributed by atoms with Crippen molar-refractivity contribution in [3.63, 3.8) is 0 Å². The fraction of sp³-hybridized carbons (Fsp3) is 0.733. The first-order valence-corrected chi connectivity index (χ1v) is 7.31. The lowest BCUT2D eigenvalue weighted by molar-refractivity contribution is -0.166. The molecule has 2 heterocycles. The molecule has 1 fully saturated rings. The first kappa shape index (κ1) is 16.9. The Balaban J connectivity index is 2.20. The molecular formula is C15H23NO6. The molecule has 0 bridgehead atoms. The number of nitrogens with zero attached hydrogens (tertiary/aromatic N) is 1. The molecule has 1 unspecified atom stereocenters. The van der Waals surface area contributed by atoms with Crippen LogP contribution < -0.4 is 0 Å². The van der Waals surface area contributed by atoms with Gasteiger partial charge in [-0.1, -0.05) is 0 Å². The lowest BCUT2D eigenvalue weighted by atomic mass is 9.98. The van der Waals surface area contributed by atoms with E-state index in [1.165, 1.54) is 12.2 Å². The molecule has 0 aromatic carbocycles. The van der Waals surface area contributed by atoms with Crippen LogP contribution in [-0.2, 0) is 19.0 Å². The smallest absolute Gasteiger partial charge is 0.413 e. The molecule has 2 atom stereocenters. The number of hydrogen-bond donors (Lipinski definition) is 1. The Labute approximate surface area is 129 Å². The van der Waals surface area contributed by atoms with E-state index in [1.54, 1.807) is 27.7 Å². The van der Waals surface area contributed by atoms with Gasteiger partial charge in [-0.15, -0.1) is 0 Å². The summed E-state index contributed by atoms with van der Waals surface area (Å²) in [5.74, 6) is -1.25. The summed E-state index contributed by atoms with van der Waals surface area (Å²) in [6.45, 7) is 7.74. The number of carbonyl (C=O) groups is 2. The summed E-state index contributed by atoms with van der Waals surface area (Å²) in [6.07, 6.45) is 0.703. The van der Waals surface area contributed by atoms with E-state index in [0.29, 0.717) is 13.2 Å². The monoisotopic (exact) mass is 313 g/mol. The molecule has 0 aliphatic carbocycles. The van der Waals surface area contributed by atoms with Gasteiger partial charge in [0.15, 0.2) is 17.8 Å². The average molecular weight is 313 g/mol. The van der Waals surface area contributed by atoms with Gasteiger partial charge < -0.3 is 19.3 Å². The highest BCUT2D eigenvalue weighted by Gasteiger charge is 2.44. The van der Waals surface area contributed by atoms with Crippen molar-refractivity contribution in [1.82, 2.24) is 4.90 Å². The van der Waals surface area contributed by atoms with E-state index in [2.05, 4.69) is 0 Å². The van der Waals surface area contributed by atoms with Crippen LogP contribution in [-0.4, -0.2) is 58.8 Å². The predicted octanol–water partition coefficient (Wildman–Crippen LogP) is 1.20. The Hall–Kier alpha value is -1.44. The highest BCUT2D eigenvalue weighted by Crippen LogP contribution is 2.29. The molecule has 0 spiro atoms. The van der Waals surface area contributed by atoms with Crippen LogP contribution in [0.25, 0.3) is 0 Å². The second-order valence-corrected chi connectivity index (χ2v) is 6.61. The molecule has 0 saturated carbocycles. The summed E-state index contributed by atoms with van der Waals surface area (Å²) >= 11 is 0. The van der Waals surface area contributed by atoms with Crippen LogP contribution in [0.2, 0.25) is 0 Å². The van der Waals surface area contributed by atoms with Crippen molar-refractivity contribution >= 4 is 11.9 Å². The number of hydrogen-bond acceptors (Lipinski definition) is 6. The van der Waals surface area contributed by atoms with Gasteiger partial charge in [0.1, 0.15) is 11.6 Å². The number of aliphatic hydroxyl groups is 1. The zero-order valence-electron chi connectivity index (χ0n) is 13.4. The van der Waals surface area contributed by atoms with Crippen LogP contribution in [0.4, 0.5) is 4.79 Å². The van der Waals surface area contributed by atoms with E-state index in [4.69, 9.17) is 14.2 Å². The molecule has 22 heavy (non-hydrogen) atoms. The minimum absolute atomic E-state index is 0.131. The summed E-state index contributed by atoms with van der Waals surface area (Å²) in [6, 6.07) is -0.891. The van der Waals surface area contributed by atoms with E-state index >= 15 is 0 Å². The van der Waals surface area contributed by atoms with Crippen LogP contribution in [0.3, 0.4) is 0 Å². The lowest BCUT2D eigenvalue weighted by Crippen LogP contribution is -2.55. The third-order valence-electron chi connectivity index (χ3n) is 3.45. The number of ether oxygens (including phenoxy) is 3. The average Bonchev–Trinajstić information content (AvgIpc) is 2.78. The molecule has 2 aliphatic heterocycles. The molecule has 0 aromatic rings. The fourth-order valence-electron chi connectivity index (χ4n) is 2.48. The molecule has 1 amide bonds. The van der Waals surface area contributed by atoms with Crippen molar-refractivity contribution < 1.29 is 28.9 Å². The van der Waals surface area contributed by atoms with Gasteiger partial charge in [-0.2, -0.15) is 0 Å². The van der Waals surface area contributed by atoms with Crippen LogP contribution >= 0.6 is 0 Å². The van der Waals surface area contributed by atoms with Crippen LogP contribution in [0.15, 0.2) is 12.2 Å². The first-order chi connectivity index (χ1) is 10.1. The molecule has 7 nitrogen and oxygen atoms in total. The molecule has 1 saturated heterocycles. The van der Waals surface area contributed by atoms with Crippen LogP contribution in [0.5, 0.6) is 0 Å². The van der Waals surface area contributed by atoms with Crippen molar-refractivity contribution in [2.45, 2.75) is 57.8 Å². The SMILES string of the molecule is CC(C)(C)OC(=O)N1C(O)C=CC(=O)[C@@H]1CC1(C)OCCO1. The van der Waals surface area contributed by atoms with Gasteiger partial charge in [0.25, 0.3) is 0 Å². The van der Waals surface area contributed by atoms with Crippen molar-refractivity contribution in [2.75, 3.05) is 13.2 Å². The summed E-state index contributed by atoms with van der Waals surface area (Å²) in [5.41, 5.74) is -0.726. The highest BCUT2D eigenvalue weighted by atomic mass is 16.7. The molecule has 1 N–H and O–H groups in total. The maximum Gasteiger partial charge on any atom is 0.413 e. The Morgan fingerprint density at radius 3 is 2.59 bits per heavy atom. The summed E-state index contributed by atoms with van der Waals surface area (Å²) in [4.78, 5) is 25.6. The Morgan fingerprint density at radius 2 is 2.05 bits per heavy atom. The quantitative estimate of drug-likeness (QED) is 0.824. The van der Waals surface area contributed by atoms with E-state index < -0.39 is 29.8 Å². The molecule has 2 aliphatic rings. The van der Waals surface area contributed by atoms with Crippen LogP contribution in [0, 0.1) is 0 Å². The van der Waals surface area contributed by atoms with Gasteiger partial charge in [-0.05, 0) is 39.8 Å². The second kappa shape index (κ2) is 5.98. The van der Waals surface area contributed by atoms with E-state index in [0.717, 1.165) is 4.90 Å². The van der Waals surface area contributed by atoms with E-state index in [9.17, 15) is 14.7 Å². The zero-order chi connectivity index (χ0) is 16.5. The minimum Gasteiger partial charge on any atom is -0.444 e. The molecule has 7 heteroatoms. The summed E-state index contributed by atoms with van der Waals surface area (Å²) in [5, 5.41) is 10.1. The molecule has 0 aromatic heterocycles. The normalized spacial score (nSPS) is 28.0. The van der Waals surface area contributed by atoms with Gasteiger partial charge in [-0.25, -0.2) is 4.79 Å². The summed E-state index contributed by atoms with van der Waals surface area (Å²) < 4.78 is 16.3. The van der Waals surface area contributed by atoms with Crippen molar-refractivity contribution in [3.8, 4) is 0 Å². The van der Waals surface area contributed by atoms with Gasteiger partial charge in [0.2, 0.25) is 0 Å². The number of ketones is 1. The third kappa shape index (κ3) is 3.85. The van der Waals surface area contributed by atoms with Crippen molar-refractivity contribution in [2.24, 2.45) is 0 Å². The molecule has 124 valence electrons. The zero-order valence-corrected chi connectivity index (χ0v) is 13.4. The largest absolute Gasteiger partial charge is 0.444 e. The first-order valence-electron chi connectivity index (χ1n) is 7.31. The molecular weight excluding hydrogens is 290 g/mol. The topological polar surface area (TPSA) is 85.3 Å². The Kier molecular flexibility index (Phi) is 4.60. The molecule has 2 rings (SSSR count). The lowest BCUT2D eigenvalue weighted by Gasteiger charge is -2.38. The maximum absolute atomic E-state index is 12.3. The fourth-order valence-corrected chi connectivity index (χ4v) is 2.48. The van der Waals surface area contributed by atoms with Crippen molar-refractivity contribution in [3.05, 3.63) is 12.2 Å². The van der Waals surface area contributed by atoms with Gasteiger partial charge in [-0.3, -0.25) is 9.69 Å². The highest BCUT2D eigenvalue weighted by molar-refractivity contribution is 5.97. The predicted molar refractivity (Wildman–Crippen MR) is 76.9 cm³/mol. The molecule has 0 radical (unpaired) electrons. The Bertz CT molecular complexity index is 475.